The van der Waals surface area contributed by atoms with Crippen LogP contribution in [0.1, 0.15) is 60.3 Å². The lowest BCUT2D eigenvalue weighted by Gasteiger charge is -2.28. The van der Waals surface area contributed by atoms with Crippen LogP contribution in [-0.4, -0.2) is 36.6 Å². The van der Waals surface area contributed by atoms with Gasteiger partial charge in [0.1, 0.15) is 5.54 Å². The number of rotatable bonds is 10. The van der Waals surface area contributed by atoms with Crippen molar-refractivity contribution in [3.63, 3.8) is 0 Å². The molecule has 2 unspecified atom stereocenters. The molecular weight excluding hydrogens is 234 g/mol. The van der Waals surface area contributed by atoms with E-state index in [0.29, 0.717) is 12.0 Å². The fraction of sp³-hybridized carbons (Fsp3) is 0.938. The quantitative estimate of drug-likeness (QED) is 0.616. The Kier molecular flexibility index (Phi) is 9.05. The third-order valence-electron chi connectivity index (χ3n) is 4.11. The van der Waals surface area contributed by atoms with Crippen molar-refractivity contribution in [2.24, 2.45) is 5.92 Å². The van der Waals surface area contributed by atoms with Crippen molar-refractivity contribution >= 4 is 0 Å². The normalized spacial score (nSPS) is 16.4. The van der Waals surface area contributed by atoms with Gasteiger partial charge in [-0.25, -0.2) is 0 Å². The maximum Gasteiger partial charge on any atom is 0.103 e. The molecule has 2 atom stereocenters. The second-order valence-electron chi connectivity index (χ2n) is 6.29. The van der Waals surface area contributed by atoms with Crippen LogP contribution in [0.2, 0.25) is 0 Å². The van der Waals surface area contributed by atoms with Crippen LogP contribution < -0.4 is 5.32 Å². The first-order chi connectivity index (χ1) is 8.86. The minimum Gasteiger partial charge on any atom is -0.303 e. The summed E-state index contributed by atoms with van der Waals surface area (Å²) in [6.45, 7) is 13.0. The number of nitrogens with zero attached hydrogens (tertiary/aromatic N) is 2. The number of nitriles is 1. The minimum absolute atomic E-state index is 0.349. The van der Waals surface area contributed by atoms with E-state index in [1.54, 1.807) is 0 Å². The summed E-state index contributed by atoms with van der Waals surface area (Å²) in [6.07, 6.45) is 4.29. The number of hydrogen-bond donors (Lipinski definition) is 1. The molecule has 0 rings (SSSR count). The summed E-state index contributed by atoms with van der Waals surface area (Å²) in [5.74, 6) is 0.695. The van der Waals surface area contributed by atoms with Gasteiger partial charge in [-0.1, -0.05) is 20.8 Å². The summed E-state index contributed by atoms with van der Waals surface area (Å²) in [5.41, 5.74) is -0.349. The smallest absolute Gasteiger partial charge is 0.103 e. The second-order valence-corrected chi connectivity index (χ2v) is 6.29. The van der Waals surface area contributed by atoms with E-state index in [1.165, 1.54) is 6.42 Å². The SMILES string of the molecule is CCCNC(C)(C#N)CCCCN(C)C(C)C(C)C. The van der Waals surface area contributed by atoms with E-state index >= 15 is 0 Å². The highest BCUT2D eigenvalue weighted by Crippen LogP contribution is 2.14. The summed E-state index contributed by atoms with van der Waals surface area (Å²) in [7, 11) is 2.20. The molecule has 0 aliphatic heterocycles. The van der Waals surface area contributed by atoms with Crippen molar-refractivity contribution in [3.05, 3.63) is 0 Å². The second kappa shape index (κ2) is 9.34. The molecule has 112 valence electrons. The fourth-order valence-corrected chi connectivity index (χ4v) is 2.14. The standard InChI is InChI=1S/C16H33N3/c1-7-11-18-16(5,13-17)10-8-9-12-19(6)15(4)14(2)3/h14-15,18H,7-12H2,1-6H3. The largest absolute Gasteiger partial charge is 0.303 e. The molecule has 0 bridgehead atoms. The van der Waals surface area contributed by atoms with Gasteiger partial charge in [0.05, 0.1) is 6.07 Å². The molecule has 0 amide bonds. The number of hydrogen-bond acceptors (Lipinski definition) is 3. The van der Waals surface area contributed by atoms with Crippen LogP contribution in [0.25, 0.3) is 0 Å². The highest BCUT2D eigenvalue weighted by Gasteiger charge is 2.22. The van der Waals surface area contributed by atoms with Gasteiger partial charge in [0.15, 0.2) is 0 Å². The number of nitrogens with one attached hydrogen (secondary N) is 1. The first-order valence-electron chi connectivity index (χ1n) is 7.72. The molecule has 0 heterocycles. The number of unbranched alkanes of at least 4 members (excludes halogenated alkanes) is 1. The average Bonchev–Trinajstić information content (AvgIpc) is 2.40. The molecule has 0 radical (unpaired) electrons. The predicted molar refractivity (Wildman–Crippen MR) is 83.1 cm³/mol. The van der Waals surface area contributed by atoms with Gasteiger partial charge in [-0.2, -0.15) is 5.26 Å². The van der Waals surface area contributed by atoms with Crippen molar-refractivity contribution in [2.75, 3.05) is 20.1 Å². The van der Waals surface area contributed by atoms with Crippen LogP contribution in [0.5, 0.6) is 0 Å². The van der Waals surface area contributed by atoms with E-state index < -0.39 is 0 Å². The summed E-state index contributed by atoms with van der Waals surface area (Å²) in [5, 5.41) is 12.6. The molecule has 3 nitrogen and oxygen atoms in total. The molecule has 0 fully saturated rings. The Bertz CT molecular complexity index is 270. The molecule has 0 aromatic heterocycles. The predicted octanol–water partition coefficient (Wildman–Crippen LogP) is 3.41. The van der Waals surface area contributed by atoms with Gasteiger partial charge in [-0.05, 0) is 65.6 Å². The Hall–Kier alpha value is -0.590. The molecule has 0 saturated carbocycles. The zero-order valence-electron chi connectivity index (χ0n) is 13.8. The first kappa shape index (κ1) is 18.4. The van der Waals surface area contributed by atoms with Gasteiger partial charge in [0.2, 0.25) is 0 Å². The molecule has 1 N–H and O–H groups in total. The summed E-state index contributed by atoms with van der Waals surface area (Å²) < 4.78 is 0. The lowest BCUT2D eigenvalue weighted by atomic mass is 9.96. The molecule has 0 aromatic carbocycles. The Morgan fingerprint density at radius 2 is 1.89 bits per heavy atom. The van der Waals surface area contributed by atoms with Crippen molar-refractivity contribution in [2.45, 2.75) is 71.9 Å². The van der Waals surface area contributed by atoms with Gasteiger partial charge < -0.3 is 4.90 Å². The van der Waals surface area contributed by atoms with Crippen LogP contribution in [0.15, 0.2) is 0 Å². The van der Waals surface area contributed by atoms with E-state index in [0.717, 1.165) is 32.4 Å². The van der Waals surface area contributed by atoms with Gasteiger partial charge in [-0.3, -0.25) is 5.32 Å². The molecular formula is C16H33N3. The van der Waals surface area contributed by atoms with Crippen LogP contribution in [-0.2, 0) is 0 Å². The third-order valence-corrected chi connectivity index (χ3v) is 4.11. The first-order valence-corrected chi connectivity index (χ1v) is 7.72. The highest BCUT2D eigenvalue weighted by atomic mass is 15.1. The monoisotopic (exact) mass is 267 g/mol. The van der Waals surface area contributed by atoms with E-state index in [2.05, 4.69) is 51.0 Å². The minimum atomic E-state index is -0.349. The molecule has 0 aliphatic carbocycles. The molecule has 0 saturated heterocycles. The van der Waals surface area contributed by atoms with Crippen molar-refractivity contribution in [3.8, 4) is 6.07 Å². The van der Waals surface area contributed by atoms with Gasteiger partial charge in [-0.15, -0.1) is 0 Å². The lowest BCUT2D eigenvalue weighted by molar-refractivity contribution is 0.202. The van der Waals surface area contributed by atoms with E-state index in [-0.39, 0.29) is 5.54 Å². The zero-order chi connectivity index (χ0) is 14.9. The van der Waals surface area contributed by atoms with Gasteiger partial charge in [0, 0.05) is 6.04 Å². The maximum absolute atomic E-state index is 9.26. The zero-order valence-corrected chi connectivity index (χ0v) is 13.8. The van der Waals surface area contributed by atoms with E-state index in [1.807, 2.05) is 6.92 Å². The Morgan fingerprint density at radius 1 is 1.26 bits per heavy atom. The summed E-state index contributed by atoms with van der Waals surface area (Å²) >= 11 is 0. The highest BCUT2D eigenvalue weighted by molar-refractivity contribution is 5.03. The van der Waals surface area contributed by atoms with E-state index in [4.69, 9.17) is 0 Å². The molecule has 0 aliphatic rings. The Morgan fingerprint density at radius 3 is 2.37 bits per heavy atom. The Labute approximate surface area is 120 Å². The van der Waals surface area contributed by atoms with Crippen LogP contribution in [0.3, 0.4) is 0 Å². The average molecular weight is 267 g/mol. The Balaban J connectivity index is 3.93. The molecule has 0 aromatic rings. The van der Waals surface area contributed by atoms with Crippen molar-refractivity contribution < 1.29 is 0 Å². The lowest BCUT2D eigenvalue weighted by Crippen LogP contribution is -2.41. The van der Waals surface area contributed by atoms with Crippen LogP contribution in [0, 0.1) is 17.2 Å². The third kappa shape index (κ3) is 7.54. The van der Waals surface area contributed by atoms with Crippen molar-refractivity contribution in [1.29, 1.82) is 5.26 Å². The van der Waals surface area contributed by atoms with Crippen molar-refractivity contribution in [1.82, 2.24) is 10.2 Å². The molecule has 19 heavy (non-hydrogen) atoms. The molecule has 3 heteroatoms. The van der Waals surface area contributed by atoms with E-state index in [9.17, 15) is 5.26 Å². The topological polar surface area (TPSA) is 39.1 Å². The summed E-state index contributed by atoms with van der Waals surface area (Å²) in [6, 6.07) is 3.04. The molecule has 0 spiro atoms. The van der Waals surface area contributed by atoms with Crippen LogP contribution in [0.4, 0.5) is 0 Å². The van der Waals surface area contributed by atoms with Gasteiger partial charge in [0.25, 0.3) is 0 Å². The van der Waals surface area contributed by atoms with Crippen LogP contribution >= 0.6 is 0 Å². The maximum atomic E-state index is 9.26. The summed E-state index contributed by atoms with van der Waals surface area (Å²) in [4.78, 5) is 2.42. The fourth-order valence-electron chi connectivity index (χ4n) is 2.14. The van der Waals surface area contributed by atoms with Gasteiger partial charge >= 0.3 is 0 Å².